The lowest BCUT2D eigenvalue weighted by molar-refractivity contribution is 0.589. The van der Waals surface area contributed by atoms with Crippen LogP contribution in [0.2, 0.25) is 10.0 Å². The summed E-state index contributed by atoms with van der Waals surface area (Å²) < 4.78 is 1.02. The van der Waals surface area contributed by atoms with E-state index in [0.29, 0.717) is 10.0 Å². The highest BCUT2D eigenvalue weighted by Crippen LogP contribution is 2.39. The molecule has 6 heteroatoms. The third-order valence-corrected chi connectivity index (χ3v) is 4.98. The maximum Gasteiger partial charge on any atom is 0.0914 e. The first-order valence-corrected chi connectivity index (χ1v) is 8.03. The Bertz CT molecular complexity index is 669. The van der Waals surface area contributed by atoms with Crippen LogP contribution in [0, 0.1) is 6.92 Å². The second-order valence-corrected chi connectivity index (χ2v) is 6.52. The molecule has 0 saturated carbocycles. The van der Waals surface area contributed by atoms with Crippen LogP contribution in [0.4, 0.5) is 5.69 Å². The lowest BCUT2D eigenvalue weighted by Gasteiger charge is -2.31. The maximum absolute atomic E-state index is 6.30. The first-order chi connectivity index (χ1) is 9.58. The summed E-state index contributed by atoms with van der Waals surface area (Å²) in [6, 6.07) is 3.69. The molecule has 1 aliphatic heterocycles. The predicted molar refractivity (Wildman–Crippen MR) is 89.3 cm³/mol. The monoisotopic (exact) mass is 373 g/mol. The summed E-state index contributed by atoms with van der Waals surface area (Å²) in [6.45, 7) is 5.86. The summed E-state index contributed by atoms with van der Waals surface area (Å²) in [6.07, 6.45) is 0. The smallest absolute Gasteiger partial charge is 0.0914 e. The summed E-state index contributed by atoms with van der Waals surface area (Å²) in [5.41, 5.74) is 2.89. The molecule has 1 aliphatic rings. The molecule has 2 aromatic rings. The number of halogens is 3. The fraction of sp³-hybridized carbons (Fsp3) is 0.357. The normalized spacial score (nSPS) is 15.9. The van der Waals surface area contributed by atoms with Crippen molar-refractivity contribution >= 4 is 55.7 Å². The molecular weight excluding hydrogens is 361 g/mol. The van der Waals surface area contributed by atoms with Crippen LogP contribution in [-0.2, 0) is 0 Å². The number of benzene rings is 1. The third kappa shape index (κ3) is 2.50. The van der Waals surface area contributed by atoms with Crippen LogP contribution in [0.15, 0.2) is 16.6 Å². The number of nitrogens with zero attached hydrogens (tertiary/aromatic N) is 2. The number of hydrogen-bond donors (Lipinski definition) is 1. The van der Waals surface area contributed by atoms with E-state index in [4.69, 9.17) is 23.2 Å². The standard InChI is InChI=1S/C14H14BrCl2N3/c1-8-12(15)14(20-4-2-18-3-5-20)10-6-9(16)7-11(17)13(10)19-8/h6-7,18H,2-5H2,1H3. The Morgan fingerprint density at radius 2 is 1.95 bits per heavy atom. The van der Waals surface area contributed by atoms with Crippen molar-refractivity contribution in [3.8, 4) is 0 Å². The zero-order valence-corrected chi connectivity index (χ0v) is 14.1. The van der Waals surface area contributed by atoms with Gasteiger partial charge >= 0.3 is 0 Å². The van der Waals surface area contributed by atoms with E-state index in [1.54, 1.807) is 6.07 Å². The number of nitrogens with one attached hydrogen (secondary N) is 1. The minimum atomic E-state index is 0.597. The molecule has 0 unspecified atom stereocenters. The van der Waals surface area contributed by atoms with Gasteiger partial charge in [-0.3, -0.25) is 4.98 Å². The molecule has 1 saturated heterocycles. The van der Waals surface area contributed by atoms with Crippen molar-refractivity contribution in [2.75, 3.05) is 31.1 Å². The fourth-order valence-electron chi connectivity index (χ4n) is 2.56. The van der Waals surface area contributed by atoms with E-state index < -0.39 is 0 Å². The molecule has 2 heterocycles. The molecule has 0 bridgehead atoms. The molecule has 20 heavy (non-hydrogen) atoms. The molecule has 1 aromatic carbocycles. The summed E-state index contributed by atoms with van der Waals surface area (Å²) in [7, 11) is 0. The van der Waals surface area contributed by atoms with Crippen molar-refractivity contribution in [1.82, 2.24) is 10.3 Å². The average Bonchev–Trinajstić information content (AvgIpc) is 2.42. The van der Waals surface area contributed by atoms with Crippen molar-refractivity contribution in [2.45, 2.75) is 6.92 Å². The molecule has 0 spiro atoms. The highest BCUT2D eigenvalue weighted by Gasteiger charge is 2.20. The molecule has 1 aromatic heterocycles. The van der Waals surface area contributed by atoms with Crippen LogP contribution in [0.1, 0.15) is 5.69 Å². The van der Waals surface area contributed by atoms with Gasteiger partial charge in [0.1, 0.15) is 0 Å². The summed E-state index contributed by atoms with van der Waals surface area (Å²) in [4.78, 5) is 6.94. The number of piperazine rings is 1. The summed E-state index contributed by atoms with van der Waals surface area (Å²) in [5.74, 6) is 0. The van der Waals surface area contributed by atoms with Gasteiger partial charge in [-0.15, -0.1) is 0 Å². The van der Waals surface area contributed by atoms with Gasteiger partial charge in [-0.25, -0.2) is 0 Å². The van der Waals surface area contributed by atoms with Crippen LogP contribution >= 0.6 is 39.1 Å². The van der Waals surface area contributed by atoms with Gasteiger partial charge in [0.05, 0.1) is 26.4 Å². The van der Waals surface area contributed by atoms with Gasteiger partial charge in [0.15, 0.2) is 0 Å². The molecule has 3 nitrogen and oxygen atoms in total. The first-order valence-electron chi connectivity index (χ1n) is 6.48. The van der Waals surface area contributed by atoms with Gasteiger partial charge < -0.3 is 10.2 Å². The molecule has 0 radical (unpaired) electrons. The highest BCUT2D eigenvalue weighted by atomic mass is 79.9. The van der Waals surface area contributed by atoms with Crippen molar-refractivity contribution in [3.05, 3.63) is 32.3 Å². The number of aromatic nitrogens is 1. The lowest BCUT2D eigenvalue weighted by Crippen LogP contribution is -2.43. The minimum Gasteiger partial charge on any atom is -0.367 e. The molecule has 0 amide bonds. The number of fused-ring (bicyclic) bond motifs is 1. The zero-order chi connectivity index (χ0) is 14.3. The van der Waals surface area contributed by atoms with Crippen molar-refractivity contribution in [1.29, 1.82) is 0 Å². The third-order valence-electron chi connectivity index (χ3n) is 3.52. The Hall–Kier alpha value is -0.550. The molecule has 1 N–H and O–H groups in total. The quantitative estimate of drug-likeness (QED) is 0.816. The van der Waals surface area contributed by atoms with Crippen LogP contribution < -0.4 is 10.2 Å². The van der Waals surface area contributed by atoms with Crippen LogP contribution in [-0.4, -0.2) is 31.2 Å². The van der Waals surface area contributed by atoms with Gasteiger partial charge in [-0.05, 0) is 35.0 Å². The number of aryl methyl sites for hydroxylation is 1. The zero-order valence-electron chi connectivity index (χ0n) is 11.0. The minimum absolute atomic E-state index is 0.597. The second-order valence-electron chi connectivity index (χ2n) is 4.88. The van der Waals surface area contributed by atoms with E-state index in [1.807, 2.05) is 13.0 Å². The van der Waals surface area contributed by atoms with Gasteiger partial charge in [0.25, 0.3) is 0 Å². The van der Waals surface area contributed by atoms with Gasteiger partial charge in [0.2, 0.25) is 0 Å². The van der Waals surface area contributed by atoms with E-state index in [2.05, 4.69) is 31.1 Å². The molecule has 0 aliphatic carbocycles. The first kappa shape index (κ1) is 14.4. The fourth-order valence-corrected chi connectivity index (χ4v) is 3.65. The van der Waals surface area contributed by atoms with E-state index in [0.717, 1.165) is 52.9 Å². The Morgan fingerprint density at radius 3 is 2.65 bits per heavy atom. The summed E-state index contributed by atoms with van der Waals surface area (Å²) >= 11 is 16.1. The number of anilines is 1. The van der Waals surface area contributed by atoms with E-state index in [9.17, 15) is 0 Å². The van der Waals surface area contributed by atoms with Crippen molar-refractivity contribution < 1.29 is 0 Å². The molecular formula is C14H14BrCl2N3. The largest absolute Gasteiger partial charge is 0.367 e. The highest BCUT2D eigenvalue weighted by molar-refractivity contribution is 9.10. The molecule has 106 valence electrons. The molecule has 1 fully saturated rings. The topological polar surface area (TPSA) is 28.2 Å². The van der Waals surface area contributed by atoms with E-state index in [-0.39, 0.29) is 0 Å². The van der Waals surface area contributed by atoms with Crippen molar-refractivity contribution in [2.24, 2.45) is 0 Å². The predicted octanol–water partition coefficient (Wildman–Crippen LogP) is 4.02. The molecule has 3 rings (SSSR count). The van der Waals surface area contributed by atoms with Gasteiger partial charge in [0, 0.05) is 36.6 Å². The number of pyridine rings is 1. The maximum atomic E-state index is 6.30. The molecule has 0 atom stereocenters. The Morgan fingerprint density at radius 1 is 1.25 bits per heavy atom. The lowest BCUT2D eigenvalue weighted by atomic mass is 10.1. The Labute approximate surface area is 136 Å². The van der Waals surface area contributed by atoms with Crippen LogP contribution in [0.5, 0.6) is 0 Å². The van der Waals surface area contributed by atoms with Crippen LogP contribution in [0.25, 0.3) is 10.9 Å². The number of hydrogen-bond acceptors (Lipinski definition) is 3. The van der Waals surface area contributed by atoms with Crippen molar-refractivity contribution in [3.63, 3.8) is 0 Å². The SMILES string of the molecule is Cc1nc2c(Cl)cc(Cl)cc2c(N2CCNCC2)c1Br. The number of rotatable bonds is 1. The average molecular weight is 375 g/mol. The Kier molecular flexibility index (Phi) is 4.09. The van der Waals surface area contributed by atoms with E-state index >= 15 is 0 Å². The van der Waals surface area contributed by atoms with Gasteiger partial charge in [-0.1, -0.05) is 23.2 Å². The van der Waals surface area contributed by atoms with Gasteiger partial charge in [-0.2, -0.15) is 0 Å². The second kappa shape index (κ2) is 5.68. The van der Waals surface area contributed by atoms with Crippen LogP contribution in [0.3, 0.4) is 0 Å². The summed E-state index contributed by atoms with van der Waals surface area (Å²) in [5, 5.41) is 5.60. The van der Waals surface area contributed by atoms with E-state index in [1.165, 1.54) is 0 Å². The Balaban J connectivity index is 2.29.